The van der Waals surface area contributed by atoms with Crippen molar-refractivity contribution in [3.63, 3.8) is 0 Å². The van der Waals surface area contributed by atoms with Gasteiger partial charge in [-0.05, 0) is 18.1 Å². The maximum absolute atomic E-state index is 13.2. The van der Waals surface area contributed by atoms with Crippen LogP contribution in [-0.2, 0) is 6.42 Å². The summed E-state index contributed by atoms with van der Waals surface area (Å²) in [5, 5.41) is 0.243. The Bertz CT molecular complexity index is 328. The molecule has 0 aromatic heterocycles. The summed E-state index contributed by atoms with van der Waals surface area (Å²) in [6.07, 6.45) is -2.48. The van der Waals surface area contributed by atoms with E-state index in [4.69, 9.17) is 11.6 Å². The summed E-state index contributed by atoms with van der Waals surface area (Å²) >= 11 is 8.52. The van der Waals surface area contributed by atoms with E-state index in [-0.39, 0.29) is 5.02 Å². The van der Waals surface area contributed by atoms with E-state index >= 15 is 0 Å². The van der Waals surface area contributed by atoms with E-state index in [1.54, 1.807) is 0 Å². The van der Waals surface area contributed by atoms with Crippen LogP contribution in [0.25, 0.3) is 0 Å². The van der Waals surface area contributed by atoms with E-state index < -0.39 is 17.8 Å². The van der Waals surface area contributed by atoms with Gasteiger partial charge in [-0.3, -0.25) is 0 Å². The molecule has 0 bridgehead atoms. The molecule has 78 valence electrons. The van der Waals surface area contributed by atoms with Crippen molar-refractivity contribution in [2.45, 2.75) is 12.8 Å². The van der Waals surface area contributed by atoms with E-state index in [2.05, 4.69) is 15.9 Å². The highest BCUT2D eigenvalue weighted by atomic mass is 79.9. The summed E-state index contributed by atoms with van der Waals surface area (Å²) in [6.45, 7) is 0. The van der Waals surface area contributed by atoms with Crippen molar-refractivity contribution in [3.8, 4) is 0 Å². The zero-order valence-corrected chi connectivity index (χ0v) is 9.38. The smallest absolute Gasteiger partial charge is 0.205 e. The quantitative estimate of drug-likeness (QED) is 0.725. The molecule has 0 atom stereocenters. The van der Waals surface area contributed by atoms with Crippen molar-refractivity contribution < 1.29 is 13.2 Å². The lowest BCUT2D eigenvalue weighted by atomic mass is 10.1. The Morgan fingerprint density at radius 1 is 1.36 bits per heavy atom. The molecule has 0 unspecified atom stereocenters. The Morgan fingerprint density at radius 3 is 2.50 bits per heavy atom. The third-order valence-electron chi connectivity index (χ3n) is 1.80. The highest BCUT2D eigenvalue weighted by Crippen LogP contribution is 2.30. The highest BCUT2D eigenvalue weighted by Gasteiger charge is 2.20. The van der Waals surface area contributed by atoms with Gasteiger partial charge in [0, 0.05) is 5.33 Å². The predicted octanol–water partition coefficient (Wildman–Crippen LogP) is 4.35. The van der Waals surface area contributed by atoms with Crippen LogP contribution in [0.3, 0.4) is 0 Å². The van der Waals surface area contributed by atoms with Crippen molar-refractivity contribution in [1.82, 2.24) is 0 Å². The summed E-state index contributed by atoms with van der Waals surface area (Å²) in [4.78, 5) is 0. The Labute approximate surface area is 93.2 Å². The molecule has 0 aliphatic rings. The summed E-state index contributed by atoms with van der Waals surface area (Å²) in [5.41, 5.74) is -0.296. The molecule has 0 fully saturated rings. The van der Waals surface area contributed by atoms with Crippen LogP contribution in [0.4, 0.5) is 13.2 Å². The second-order valence-corrected chi connectivity index (χ2v) is 3.87. The largest absolute Gasteiger partial charge is 0.266 e. The lowest BCUT2D eigenvalue weighted by Crippen LogP contribution is -2.00. The van der Waals surface area contributed by atoms with Gasteiger partial charge in [0.2, 0.25) is 0 Å². The molecule has 0 N–H and O–H groups in total. The van der Waals surface area contributed by atoms with Crippen LogP contribution in [0.15, 0.2) is 12.1 Å². The van der Waals surface area contributed by atoms with E-state index in [1.807, 2.05) is 0 Å². The predicted molar refractivity (Wildman–Crippen MR) is 53.9 cm³/mol. The second kappa shape index (κ2) is 5.03. The standard InChI is InChI=1S/C9H7BrClF3/c10-4-3-5-1-2-6(11)8(12)7(5)9(13)14/h1-2,9H,3-4H2. The van der Waals surface area contributed by atoms with Crippen LogP contribution in [-0.4, -0.2) is 5.33 Å². The fourth-order valence-electron chi connectivity index (χ4n) is 1.16. The molecule has 1 aromatic carbocycles. The van der Waals surface area contributed by atoms with Gasteiger partial charge in [0.05, 0.1) is 10.6 Å². The molecule has 14 heavy (non-hydrogen) atoms. The molecule has 0 radical (unpaired) electrons. The van der Waals surface area contributed by atoms with Crippen LogP contribution >= 0.6 is 27.5 Å². The average molecular weight is 288 g/mol. The monoisotopic (exact) mass is 286 g/mol. The van der Waals surface area contributed by atoms with Crippen LogP contribution in [0.5, 0.6) is 0 Å². The second-order valence-electron chi connectivity index (χ2n) is 2.67. The normalized spacial score (nSPS) is 11.0. The number of alkyl halides is 3. The number of aryl methyl sites for hydroxylation is 1. The minimum atomic E-state index is -2.83. The van der Waals surface area contributed by atoms with Gasteiger partial charge in [0.15, 0.2) is 5.82 Å². The molecule has 1 rings (SSSR count). The zero-order valence-electron chi connectivity index (χ0n) is 7.04. The maximum Gasteiger partial charge on any atom is 0.266 e. The first-order valence-corrected chi connectivity index (χ1v) is 5.38. The third-order valence-corrected chi connectivity index (χ3v) is 2.49. The van der Waals surface area contributed by atoms with Crippen molar-refractivity contribution >= 4 is 27.5 Å². The van der Waals surface area contributed by atoms with Crippen LogP contribution in [0, 0.1) is 5.82 Å². The van der Waals surface area contributed by atoms with Gasteiger partial charge in [0.25, 0.3) is 6.43 Å². The molecule has 0 saturated carbocycles. The molecule has 0 saturated heterocycles. The highest BCUT2D eigenvalue weighted by molar-refractivity contribution is 9.09. The van der Waals surface area contributed by atoms with Gasteiger partial charge in [-0.25, -0.2) is 13.2 Å². The Morgan fingerprint density at radius 2 is 2.00 bits per heavy atom. The maximum atomic E-state index is 13.2. The van der Waals surface area contributed by atoms with Crippen molar-refractivity contribution in [3.05, 3.63) is 34.1 Å². The van der Waals surface area contributed by atoms with E-state index in [0.717, 1.165) is 0 Å². The fraction of sp³-hybridized carbons (Fsp3) is 0.333. The Hall–Kier alpha value is -0.220. The van der Waals surface area contributed by atoms with Crippen LogP contribution < -0.4 is 0 Å². The summed E-state index contributed by atoms with van der Waals surface area (Å²) in [7, 11) is 0. The van der Waals surface area contributed by atoms with Gasteiger partial charge in [-0.1, -0.05) is 33.6 Å². The Balaban J connectivity index is 3.23. The number of hydrogen-bond donors (Lipinski definition) is 0. The first-order valence-electron chi connectivity index (χ1n) is 3.88. The Kier molecular flexibility index (Phi) is 4.26. The van der Waals surface area contributed by atoms with Gasteiger partial charge in [0.1, 0.15) is 0 Å². The molecule has 0 spiro atoms. The van der Waals surface area contributed by atoms with Crippen molar-refractivity contribution in [2.24, 2.45) is 0 Å². The summed E-state index contributed by atoms with van der Waals surface area (Å²) in [6, 6.07) is 2.72. The summed E-state index contributed by atoms with van der Waals surface area (Å²) in [5.74, 6) is -1.01. The first kappa shape index (κ1) is 11.9. The number of hydrogen-bond acceptors (Lipinski definition) is 0. The zero-order chi connectivity index (χ0) is 10.7. The fourth-order valence-corrected chi connectivity index (χ4v) is 1.75. The SMILES string of the molecule is Fc1c(Cl)ccc(CCBr)c1C(F)F. The average Bonchev–Trinajstić information content (AvgIpc) is 2.11. The van der Waals surface area contributed by atoms with E-state index in [0.29, 0.717) is 17.3 Å². The summed E-state index contributed by atoms with van der Waals surface area (Å²) < 4.78 is 38.2. The number of rotatable bonds is 3. The molecule has 1 aromatic rings. The molecule has 0 amide bonds. The van der Waals surface area contributed by atoms with Gasteiger partial charge in [-0.15, -0.1) is 0 Å². The number of halogens is 5. The molecule has 0 heterocycles. The number of benzene rings is 1. The first-order chi connectivity index (χ1) is 6.57. The van der Waals surface area contributed by atoms with Gasteiger partial charge in [-0.2, -0.15) is 0 Å². The molecular weight excluding hydrogens is 280 g/mol. The van der Waals surface area contributed by atoms with E-state index in [9.17, 15) is 13.2 Å². The molecule has 0 aliphatic carbocycles. The molecule has 0 aliphatic heterocycles. The van der Waals surface area contributed by atoms with Gasteiger partial charge < -0.3 is 0 Å². The molecule has 5 heteroatoms. The molecular formula is C9H7BrClF3. The van der Waals surface area contributed by atoms with Crippen LogP contribution in [0.1, 0.15) is 17.6 Å². The third kappa shape index (κ3) is 2.42. The molecule has 0 nitrogen and oxygen atoms in total. The van der Waals surface area contributed by atoms with Crippen molar-refractivity contribution in [1.29, 1.82) is 0 Å². The van der Waals surface area contributed by atoms with E-state index in [1.165, 1.54) is 12.1 Å². The lowest BCUT2D eigenvalue weighted by Gasteiger charge is -2.09. The minimum absolute atomic E-state index is 0.265. The van der Waals surface area contributed by atoms with Crippen LogP contribution in [0.2, 0.25) is 5.02 Å². The van der Waals surface area contributed by atoms with Crippen molar-refractivity contribution in [2.75, 3.05) is 5.33 Å². The minimum Gasteiger partial charge on any atom is -0.205 e. The topological polar surface area (TPSA) is 0 Å². The lowest BCUT2D eigenvalue weighted by molar-refractivity contribution is 0.145. The van der Waals surface area contributed by atoms with Gasteiger partial charge >= 0.3 is 0 Å².